The molecule has 0 saturated carbocycles. The van der Waals surface area contributed by atoms with Crippen LogP contribution in [0.3, 0.4) is 0 Å². The Bertz CT molecular complexity index is 770. The summed E-state index contributed by atoms with van der Waals surface area (Å²) in [6.07, 6.45) is 7.44. The molecule has 0 fully saturated rings. The fraction of sp³-hybridized carbons (Fsp3) is 0.741. The van der Waals surface area contributed by atoms with Crippen LogP contribution < -0.4 is 61.9 Å². The summed E-state index contributed by atoms with van der Waals surface area (Å²) in [6.45, 7) is 19.7. The van der Waals surface area contributed by atoms with Gasteiger partial charge in [0.15, 0.2) is 0 Å². The molecule has 0 aromatic carbocycles. The topological polar surface area (TPSA) is 194 Å². The molecular weight excluding hydrogens is 745 g/mol. The molecule has 0 bridgehead atoms. The summed E-state index contributed by atoms with van der Waals surface area (Å²) < 4.78 is 2.09. The summed E-state index contributed by atoms with van der Waals surface area (Å²) in [6, 6.07) is 0. The van der Waals surface area contributed by atoms with Gasteiger partial charge in [-0.15, -0.1) is 0 Å². The number of hydrogen-bond acceptors (Lipinski definition) is 13. The minimum absolute atomic E-state index is 0. The summed E-state index contributed by atoms with van der Waals surface area (Å²) in [5, 5.41) is 15.9. The quantitative estimate of drug-likeness (QED) is 0.0772. The van der Waals surface area contributed by atoms with Gasteiger partial charge in [-0.05, 0) is 56.7 Å². The van der Waals surface area contributed by atoms with Crippen molar-refractivity contribution in [2.45, 2.75) is 93.4 Å². The molecule has 2 rings (SSSR count). The van der Waals surface area contributed by atoms with E-state index in [1.807, 2.05) is 0 Å². The zero-order valence-electron chi connectivity index (χ0n) is 28.2. The zero-order chi connectivity index (χ0) is 31.1. The molecule has 0 aliphatic carbocycles. The number of halogens is 2. The monoisotopic (exact) mass is 800 g/mol. The first-order valence-corrected chi connectivity index (χ1v) is 16.5. The van der Waals surface area contributed by atoms with E-state index in [9.17, 15) is 0 Å². The van der Waals surface area contributed by atoms with Crippen LogP contribution >= 0.6 is 34.2 Å². The van der Waals surface area contributed by atoms with Crippen molar-refractivity contribution in [3.05, 3.63) is 9.71 Å². The molecule has 2 aromatic heterocycles. The summed E-state index contributed by atoms with van der Waals surface area (Å²) in [4.78, 5) is 25.1. The third-order valence-electron chi connectivity index (χ3n) is 4.35. The molecule has 0 atom stereocenters. The van der Waals surface area contributed by atoms with Crippen LogP contribution in [-0.4, -0.2) is 74.6 Å². The predicted molar refractivity (Wildman–Crippen MR) is 188 cm³/mol. The molecule has 44 heavy (non-hydrogen) atoms. The second-order valence-electron chi connectivity index (χ2n) is 8.54. The summed E-state index contributed by atoms with van der Waals surface area (Å²) in [5.41, 5.74) is 5.03. The Labute approximate surface area is 319 Å². The zero-order valence-corrected chi connectivity index (χ0v) is 34.5. The standard InChI is InChI=1S/C12H24N6.C9H16ClN5.C3H6I.C3H9N.Na.H2O.V/c1-4-7-13-10-16-11(14-8-5-2)18-12(17-10)15-9-6-3;1-3-5-11-8-13-7(10)14-9(15-8)12-6-4-2;2*1-2-3-4;;;/h4-9H2,1-3H3,(H3,13,14,15,16,17,18);3-6H2,1-2H3,(H2,11,12,13,14,15);3H,2H2,1H3;2-4H2,1H3;;1H2;/q;;-1;;+1;;/p-1. The SMILES string of the molecule is CCCN.CCCNc1nc(Cl)nc(NCCC)n1.CCCNc1nc(NCCC)nc(NCCC)n1.CC[CH-]I.[Na+].[OH-].[V]. The van der Waals surface area contributed by atoms with Crippen LogP contribution in [0.25, 0.3) is 0 Å². The van der Waals surface area contributed by atoms with Crippen molar-refractivity contribution >= 4 is 63.9 Å². The molecule has 8 N–H and O–H groups in total. The number of nitrogens with one attached hydrogen (secondary N) is 5. The van der Waals surface area contributed by atoms with Crippen molar-refractivity contribution in [2.24, 2.45) is 5.73 Å². The van der Waals surface area contributed by atoms with E-state index in [1.54, 1.807) is 0 Å². The molecule has 0 spiro atoms. The minimum atomic E-state index is 0. The van der Waals surface area contributed by atoms with Crippen LogP contribution in [0, 0.1) is 4.43 Å². The smallest absolute Gasteiger partial charge is 0.870 e. The summed E-state index contributed by atoms with van der Waals surface area (Å²) >= 11 is 7.99. The number of nitrogens with two attached hydrogens (primary N) is 1. The Balaban J connectivity index is -0.000000177. The number of nitrogens with zero attached hydrogens (tertiary/aromatic N) is 6. The van der Waals surface area contributed by atoms with Crippen LogP contribution in [-0.2, 0) is 18.6 Å². The maximum atomic E-state index is 5.77. The molecule has 0 unspecified atom stereocenters. The molecule has 0 aliphatic heterocycles. The van der Waals surface area contributed by atoms with E-state index < -0.39 is 0 Å². The third-order valence-corrected chi connectivity index (χ3v) is 5.40. The van der Waals surface area contributed by atoms with Gasteiger partial charge in [-0.1, -0.05) is 48.5 Å². The van der Waals surface area contributed by atoms with Crippen LogP contribution in [0.15, 0.2) is 0 Å². The molecule has 13 nitrogen and oxygen atoms in total. The van der Waals surface area contributed by atoms with Gasteiger partial charge in [0, 0.05) is 51.3 Å². The van der Waals surface area contributed by atoms with E-state index in [2.05, 4.69) is 132 Å². The normalized spacial score (nSPS) is 8.95. The Hall–Kier alpha value is -0.456. The van der Waals surface area contributed by atoms with Crippen molar-refractivity contribution in [1.82, 2.24) is 29.9 Å². The van der Waals surface area contributed by atoms with E-state index in [0.29, 0.717) is 29.7 Å². The van der Waals surface area contributed by atoms with Gasteiger partial charge in [0.2, 0.25) is 35.0 Å². The molecule has 251 valence electrons. The van der Waals surface area contributed by atoms with Crippen molar-refractivity contribution < 1.29 is 53.6 Å². The number of hydrogen-bond donors (Lipinski definition) is 6. The molecule has 0 saturated heterocycles. The van der Waals surface area contributed by atoms with Gasteiger partial charge in [0.05, 0.1) is 0 Å². The molecule has 0 amide bonds. The largest absolute Gasteiger partial charge is 1.00 e. The molecule has 2 aromatic rings. The van der Waals surface area contributed by atoms with Crippen molar-refractivity contribution in [3.8, 4) is 0 Å². The van der Waals surface area contributed by atoms with Crippen molar-refractivity contribution in [3.63, 3.8) is 0 Å². The Kier molecular flexibility index (Phi) is 48.9. The van der Waals surface area contributed by atoms with Gasteiger partial charge in [-0.2, -0.15) is 36.3 Å². The molecule has 0 aliphatic rings. The second-order valence-corrected chi connectivity index (χ2v) is 9.76. The van der Waals surface area contributed by atoms with Crippen LogP contribution in [0.1, 0.15) is 93.4 Å². The van der Waals surface area contributed by atoms with E-state index in [0.717, 1.165) is 77.8 Å². The molecular formula is C27H56ClIN12NaOV-. The number of rotatable bonds is 17. The number of anilines is 5. The van der Waals surface area contributed by atoms with Gasteiger partial charge >= 0.3 is 29.6 Å². The van der Waals surface area contributed by atoms with Crippen LogP contribution in [0.5, 0.6) is 0 Å². The van der Waals surface area contributed by atoms with Crippen molar-refractivity contribution in [1.29, 1.82) is 0 Å². The number of aromatic nitrogens is 6. The Morgan fingerprint density at radius 2 is 0.773 bits per heavy atom. The first kappa shape index (κ1) is 53.1. The van der Waals surface area contributed by atoms with Crippen LogP contribution in [0.2, 0.25) is 5.28 Å². The Morgan fingerprint density at radius 1 is 0.568 bits per heavy atom. The summed E-state index contributed by atoms with van der Waals surface area (Å²) in [7, 11) is 0. The average molecular weight is 801 g/mol. The van der Waals surface area contributed by atoms with Gasteiger partial charge in [0.25, 0.3) is 0 Å². The average Bonchev–Trinajstić information content (AvgIpc) is 3.00. The molecule has 2 heterocycles. The maximum absolute atomic E-state index is 5.77. The molecule has 17 heteroatoms. The Morgan fingerprint density at radius 3 is 0.932 bits per heavy atom. The van der Waals surface area contributed by atoms with Gasteiger partial charge in [-0.25, -0.2) is 0 Å². The molecule has 1 radical (unpaired) electrons. The fourth-order valence-electron chi connectivity index (χ4n) is 2.31. The van der Waals surface area contributed by atoms with Gasteiger partial charge in [-0.3, -0.25) is 4.43 Å². The van der Waals surface area contributed by atoms with Crippen LogP contribution in [0.4, 0.5) is 29.7 Å². The second kappa shape index (κ2) is 40.6. The summed E-state index contributed by atoms with van der Waals surface area (Å²) in [5.74, 6) is 2.93. The maximum Gasteiger partial charge on any atom is 1.00 e. The fourth-order valence-corrected chi connectivity index (χ4v) is 2.47. The van der Waals surface area contributed by atoms with E-state index in [-0.39, 0.29) is 58.9 Å². The predicted octanol–water partition coefficient (Wildman–Crippen LogP) is 3.68. The van der Waals surface area contributed by atoms with E-state index in [1.165, 1.54) is 6.42 Å². The van der Waals surface area contributed by atoms with E-state index in [4.69, 9.17) is 17.3 Å². The first-order chi connectivity index (χ1) is 19.9. The van der Waals surface area contributed by atoms with Gasteiger partial charge < -0.3 is 60.4 Å². The van der Waals surface area contributed by atoms with E-state index >= 15 is 0 Å². The third kappa shape index (κ3) is 32.9. The van der Waals surface area contributed by atoms with Gasteiger partial charge in [0.1, 0.15) is 0 Å². The first-order valence-electron chi connectivity index (χ1n) is 14.9. The van der Waals surface area contributed by atoms with Crippen molar-refractivity contribution in [2.75, 3.05) is 65.9 Å². The minimum Gasteiger partial charge on any atom is -0.870 e.